The topological polar surface area (TPSA) is 400 Å². The van der Waals surface area contributed by atoms with E-state index in [0.717, 1.165) is 22.0 Å². The van der Waals surface area contributed by atoms with E-state index in [1.54, 1.807) is 105 Å². The van der Waals surface area contributed by atoms with Gasteiger partial charge in [-0.2, -0.15) is 0 Å². The smallest absolute Gasteiger partial charge is 0.870 e. The monoisotopic (exact) mass is 1820 g/mol. The van der Waals surface area contributed by atoms with Crippen molar-refractivity contribution in [2.75, 3.05) is 13.2 Å². The number of ether oxygens (including phenoxy) is 5. The van der Waals surface area contributed by atoms with Gasteiger partial charge in [-0.3, -0.25) is 29.3 Å². The van der Waals surface area contributed by atoms with Gasteiger partial charge in [-0.15, -0.1) is 0 Å². The van der Waals surface area contributed by atoms with Gasteiger partial charge in [0, 0.05) is 101 Å². The van der Waals surface area contributed by atoms with Crippen LogP contribution in [0.25, 0.3) is 55.0 Å². The maximum Gasteiger partial charge on any atom is 1.00 e. The van der Waals surface area contributed by atoms with Gasteiger partial charge in [0.25, 0.3) is 0 Å². The zero-order valence-electron chi connectivity index (χ0n) is 69.2. The molecule has 3 saturated carbocycles. The maximum atomic E-state index is 15.3. The first kappa shape index (κ1) is 102. The van der Waals surface area contributed by atoms with Crippen LogP contribution >= 0.6 is 11.6 Å². The minimum Gasteiger partial charge on any atom is -0.870 e. The predicted octanol–water partition coefficient (Wildman–Crippen LogP) is 12.2. The van der Waals surface area contributed by atoms with E-state index in [1.807, 2.05) is 76.2 Å². The molecule has 672 valence electrons. The fraction of sp³-hybridized carbons (Fsp3) is 0.341. The molecule has 0 amide bonds. The standard InChI is InChI=1S/C28H34BNO7S.C28H28FN3O5S.C26H24FN3O5S.C6H6ClFN2.3CH4.Li.H2O/c1-6-34-26(31)17-20-9-7-8-10-25(20)35-18-19-15-23(29-36-27(2,3)28(4,5)37-29)22-13-14-30(24(22)16-19)38(32,33)21-11-12-21;1-2-36-27(33)15-19-5-3-4-6-26(19)37-17-18-13-23(22-9-11-31-24(16-30)28(22)29)21-10-12-32(25(21)14-18)38(34,35)20-7-8-20;27-26-20(7-9-29-22(26)14-28)21-11-16(15-35-24-4-2-1-3-17(24)13-25(31)32)12-23-19(21)8-10-30(23)36(33,34)18-5-6-18;7-4-1-2-10-5(3-9)6(4)8;;;;;/h7-10,13-16,21H,6,11-12,17-18H2,1-5H3;3-6,9-14,20H,2,7-8,15-17,30H2,1H3;1-4,7-12,18H,5-6,13-15,28H2,(H,31,32);1-2H,3,9H2;3*1H4;;1H2/q;;;;;;;+1;/p-1. The molecule has 0 radical (unpaired) electrons. The molecular formula is C91H105BClF3LiN9O18S3. The Morgan fingerprint density at radius 2 is 0.803 bits per heavy atom. The number of hydrogen-bond acceptors (Lipinski definition) is 23. The molecule has 27 nitrogen and oxygen atoms in total. The SMILES string of the molecule is C.C.C.CCOC(=O)Cc1ccccc1OCc1cc(-c2ccnc(CN)c2F)c2ccn(S(=O)(=O)C3CC3)c2c1.CCOC(=O)Cc1ccccc1OCc1cc(B2OC(C)(C)C(C)(C)O2)c2ccn(S(=O)(=O)C3CC3)c2c1.NCc1nccc(-c2cc(COc3ccccc3CC(=O)O)cc3c2ccn3S(=O)(=O)C2CC2)c1F.NCc1nccc(Cl)c1F.[Li+].[OH-]. The summed E-state index contributed by atoms with van der Waals surface area (Å²) in [7, 11) is -11.3. The molecule has 0 unspecified atom stereocenters. The number of aromatic nitrogens is 6. The Bertz CT molecular complexity index is 6290. The third-order valence-electron chi connectivity index (χ3n) is 21.4. The second-order valence-electron chi connectivity index (χ2n) is 30.6. The number of fused-ring (bicyclic) bond motifs is 3. The van der Waals surface area contributed by atoms with Gasteiger partial charge in [0.15, 0.2) is 17.5 Å². The summed E-state index contributed by atoms with van der Waals surface area (Å²) < 4.78 is 167. The van der Waals surface area contributed by atoms with E-state index < -0.39 is 82.3 Å². The predicted molar refractivity (Wildman–Crippen MR) is 479 cm³/mol. The fourth-order valence-corrected chi connectivity index (χ4v) is 19.3. The summed E-state index contributed by atoms with van der Waals surface area (Å²) in [5.41, 5.74) is 23.4. The molecule has 4 fully saturated rings. The fourth-order valence-electron chi connectivity index (χ4n) is 14.0. The molecule has 6 aromatic carbocycles. The number of aliphatic carboxylic acids is 1. The van der Waals surface area contributed by atoms with Crippen molar-refractivity contribution in [3.05, 3.63) is 256 Å². The van der Waals surface area contributed by atoms with Gasteiger partial charge in [-0.1, -0.05) is 94.5 Å². The number of para-hydroxylation sites is 3. The van der Waals surface area contributed by atoms with Crippen molar-refractivity contribution in [3.8, 4) is 39.5 Å². The molecule has 0 bridgehead atoms. The largest absolute Gasteiger partial charge is 1.00 e. The van der Waals surface area contributed by atoms with Crippen LogP contribution < -0.4 is 55.7 Å². The second-order valence-corrected chi connectivity index (χ2v) is 37.2. The van der Waals surface area contributed by atoms with E-state index in [9.17, 15) is 49.1 Å². The molecule has 3 aliphatic carbocycles. The molecule has 0 spiro atoms. The number of benzene rings is 6. The first-order valence-corrected chi connectivity index (χ1v) is 44.5. The third kappa shape index (κ3) is 23.0. The number of rotatable bonds is 29. The van der Waals surface area contributed by atoms with Crippen LogP contribution in [0.15, 0.2) is 183 Å². The first-order valence-electron chi connectivity index (χ1n) is 39.6. The number of carbonyl (C=O) groups excluding carboxylic acids is 2. The summed E-state index contributed by atoms with van der Waals surface area (Å²) in [4.78, 5) is 47.0. The van der Waals surface area contributed by atoms with Crippen LogP contribution in [-0.4, -0.2) is 128 Å². The van der Waals surface area contributed by atoms with Gasteiger partial charge in [-0.25, -0.2) is 50.3 Å². The Kier molecular flexibility index (Phi) is 34.6. The summed E-state index contributed by atoms with van der Waals surface area (Å²) in [5, 5.41) is 9.98. The minimum atomic E-state index is -3.59. The van der Waals surface area contributed by atoms with E-state index in [1.165, 1.54) is 55.0 Å². The van der Waals surface area contributed by atoms with Gasteiger partial charge < -0.3 is 60.8 Å². The van der Waals surface area contributed by atoms with Crippen LogP contribution in [0.3, 0.4) is 0 Å². The van der Waals surface area contributed by atoms with Crippen LogP contribution in [0.5, 0.6) is 17.2 Å². The Morgan fingerprint density at radius 3 is 1.14 bits per heavy atom. The quantitative estimate of drug-likeness (QED) is 0.0250. The van der Waals surface area contributed by atoms with Crippen LogP contribution in [0.4, 0.5) is 13.2 Å². The summed E-state index contributed by atoms with van der Waals surface area (Å²) >= 11 is 5.42. The number of pyridine rings is 3. The molecule has 4 aliphatic rings. The number of carboxylic acid groups (broad SMARTS) is 1. The van der Waals surface area contributed by atoms with Gasteiger partial charge in [-0.05, 0) is 198 Å². The molecule has 36 heteroatoms. The Morgan fingerprint density at radius 1 is 0.480 bits per heavy atom. The molecule has 6 aromatic heterocycles. The second kappa shape index (κ2) is 43.1. The van der Waals surface area contributed by atoms with Crippen molar-refractivity contribution in [2.45, 2.75) is 188 Å². The van der Waals surface area contributed by atoms with Crippen molar-refractivity contribution in [1.29, 1.82) is 0 Å². The molecule has 1 aliphatic heterocycles. The van der Waals surface area contributed by atoms with Crippen molar-refractivity contribution in [1.82, 2.24) is 26.9 Å². The van der Waals surface area contributed by atoms with Gasteiger partial charge in [0.2, 0.25) is 30.1 Å². The first-order chi connectivity index (χ1) is 58.3. The molecule has 0 atom stereocenters. The molecule has 1 saturated heterocycles. The number of halogens is 4. The molecule has 127 heavy (non-hydrogen) atoms. The molecule has 16 rings (SSSR count). The summed E-state index contributed by atoms with van der Waals surface area (Å²) in [6.45, 7) is 12.2. The Hall–Kier alpha value is -10.4. The Labute approximate surface area is 755 Å². The summed E-state index contributed by atoms with van der Waals surface area (Å²) in [5.74, 6) is -1.83. The molecular weight excluding hydrogens is 1710 g/mol. The third-order valence-corrected chi connectivity index (χ3v) is 28.2. The van der Waals surface area contributed by atoms with E-state index in [-0.39, 0.29) is 162 Å². The maximum absolute atomic E-state index is 15.3. The van der Waals surface area contributed by atoms with E-state index in [4.69, 9.17) is 61.8 Å². The Balaban J connectivity index is 0.000000219. The molecule has 7 heterocycles. The summed E-state index contributed by atoms with van der Waals surface area (Å²) in [6.07, 6.45) is 12.8. The van der Waals surface area contributed by atoms with Crippen molar-refractivity contribution >= 4 is 105 Å². The van der Waals surface area contributed by atoms with Crippen LogP contribution in [-0.2, 0) is 122 Å². The zero-order chi connectivity index (χ0) is 87.2. The molecule has 12 aromatic rings. The van der Waals surface area contributed by atoms with E-state index >= 15 is 8.78 Å². The zero-order valence-corrected chi connectivity index (χ0v) is 72.4. The summed E-state index contributed by atoms with van der Waals surface area (Å²) in [6, 6.07) is 41.7. The number of carboxylic acids is 1. The average Bonchev–Trinajstić information content (AvgIpc) is 1.61. The number of nitrogens with two attached hydrogens (primary N) is 3. The number of nitrogens with zero attached hydrogens (tertiary/aromatic N) is 6. The van der Waals surface area contributed by atoms with Gasteiger partial charge in [0.1, 0.15) is 37.1 Å². The average molecular weight is 1820 g/mol. The normalized spacial score (nSPS) is 14.3. The number of esters is 2. The number of carbonyl (C=O) groups is 3. The van der Waals surface area contributed by atoms with Crippen molar-refractivity contribution in [3.63, 3.8) is 0 Å². The number of hydrogen-bond donors (Lipinski definition) is 4. The van der Waals surface area contributed by atoms with Gasteiger partial charge >= 0.3 is 43.9 Å². The van der Waals surface area contributed by atoms with Crippen LogP contribution in [0.1, 0.15) is 153 Å². The molecule has 8 N–H and O–H groups in total. The van der Waals surface area contributed by atoms with E-state index in [2.05, 4.69) is 15.0 Å². The van der Waals surface area contributed by atoms with Crippen molar-refractivity contribution in [2.24, 2.45) is 17.2 Å². The van der Waals surface area contributed by atoms with Gasteiger partial charge in [0.05, 0.1) is 98.1 Å². The van der Waals surface area contributed by atoms with E-state index in [0.29, 0.717) is 123 Å². The van der Waals surface area contributed by atoms with Crippen molar-refractivity contribution < 1.29 is 115 Å². The minimum absolute atomic E-state index is 0. The van der Waals surface area contributed by atoms with Crippen LogP contribution in [0.2, 0.25) is 5.02 Å². The van der Waals surface area contributed by atoms with Crippen LogP contribution in [0, 0.1) is 17.5 Å².